The quantitative estimate of drug-likeness (QED) is 0.235. The fourth-order valence-electron chi connectivity index (χ4n) is 0. The predicted molar refractivity (Wildman–Crippen MR) is 18.2 cm³/mol. The first kappa shape index (κ1) is 22.5. The van der Waals surface area contributed by atoms with Crippen molar-refractivity contribution in [3.8, 4) is 0 Å². The molecule has 1 N–H and O–H groups in total. The molecule has 9 heteroatoms. The molecule has 0 aromatic heterocycles. The second-order valence-corrected chi connectivity index (χ2v) is 1.28. The fraction of sp³-hybridized carbons (Fsp3) is 0. The third kappa shape index (κ3) is 148. The van der Waals surface area contributed by atoms with Gasteiger partial charge >= 0.3 is 59.1 Å². The van der Waals surface area contributed by atoms with E-state index >= 15 is 0 Å². The van der Waals surface area contributed by atoms with Crippen LogP contribution in [0.1, 0.15) is 0 Å². The Morgan fingerprint density at radius 1 is 1.22 bits per heavy atom. The van der Waals surface area contributed by atoms with E-state index in [4.69, 9.17) is 22.2 Å². The molecule has 0 amide bonds. The smallest absolute Gasteiger partial charge is 0.769 e. The summed E-state index contributed by atoms with van der Waals surface area (Å²) in [5, 5.41) is 0. The first-order chi connectivity index (χ1) is 3.00. The standard InChI is InChI=1S/ClO.2Na.H2O4S/c1-2;;;1-5(2,3)4/h;;;(H2,1,2,3,4)/q-1;2*+1;/p-1. The van der Waals surface area contributed by atoms with Crippen molar-refractivity contribution in [3.63, 3.8) is 0 Å². The van der Waals surface area contributed by atoms with Gasteiger partial charge in [0.1, 0.15) is 0 Å². The van der Waals surface area contributed by atoms with Gasteiger partial charge in [0, 0.05) is 0 Å². The van der Waals surface area contributed by atoms with Gasteiger partial charge in [0.15, 0.2) is 0 Å². The normalized spacial score (nSPS) is 7.11. The summed E-state index contributed by atoms with van der Waals surface area (Å²) < 4.78 is 40.6. The Bertz CT molecular complexity index is 98.1. The van der Waals surface area contributed by atoms with Gasteiger partial charge < -0.3 is 9.21 Å². The minimum absolute atomic E-state index is 0. The first-order valence-electron chi connectivity index (χ1n) is 0.837. The Labute approximate surface area is 102 Å². The van der Waals surface area contributed by atoms with Crippen molar-refractivity contribution in [1.82, 2.24) is 0 Å². The molecule has 46 valence electrons. The molecule has 0 saturated heterocycles. The van der Waals surface area contributed by atoms with Gasteiger partial charge in [-0.25, -0.2) is 20.3 Å². The van der Waals surface area contributed by atoms with Crippen LogP contribution in [-0.4, -0.2) is 17.5 Å². The third-order valence-electron chi connectivity index (χ3n) is 0. The zero-order chi connectivity index (χ0) is 6.50. The molecule has 0 unspecified atom stereocenters. The van der Waals surface area contributed by atoms with Crippen LogP contribution in [0.4, 0.5) is 0 Å². The Morgan fingerprint density at radius 2 is 1.22 bits per heavy atom. The van der Waals surface area contributed by atoms with Crippen molar-refractivity contribution in [2.75, 3.05) is 0 Å². The van der Waals surface area contributed by atoms with Gasteiger partial charge in [-0.15, -0.1) is 0 Å². The average molecular weight is 195 g/mol. The molecule has 0 bridgehead atoms. The second kappa shape index (κ2) is 12.8. The number of hydrogen-bond donors (Lipinski definition) is 1. The maximum atomic E-state index is 8.63. The fourth-order valence-corrected chi connectivity index (χ4v) is 0. The Morgan fingerprint density at radius 3 is 1.22 bits per heavy atom. The molecule has 0 saturated carbocycles. The Hall–Kier alpha value is 2.12. The molecule has 0 aliphatic carbocycles. The number of halogens is 1. The molecule has 0 fully saturated rings. The van der Waals surface area contributed by atoms with Crippen LogP contribution in [0.15, 0.2) is 0 Å². The molecule has 9 heavy (non-hydrogen) atoms. The van der Waals surface area contributed by atoms with E-state index < -0.39 is 10.4 Å². The van der Waals surface area contributed by atoms with E-state index in [-0.39, 0.29) is 59.1 Å². The summed E-state index contributed by atoms with van der Waals surface area (Å²) >= 11 is 3.39. The van der Waals surface area contributed by atoms with Crippen LogP contribution in [0.3, 0.4) is 0 Å². The van der Waals surface area contributed by atoms with Crippen molar-refractivity contribution >= 4 is 22.3 Å². The first-order valence-corrected chi connectivity index (χ1v) is 2.51. The van der Waals surface area contributed by atoms with Gasteiger partial charge in [0.05, 0.1) is 0 Å². The molecular formula is HClNa2O5S. The number of hydrogen-bond acceptors (Lipinski definition) is 4. The predicted octanol–water partition coefficient (Wildman–Crippen LogP) is -7.49. The summed E-state index contributed by atoms with van der Waals surface area (Å²) in [5.41, 5.74) is 0. The van der Waals surface area contributed by atoms with E-state index in [1.165, 1.54) is 0 Å². The Balaban J connectivity index is -0.0000000286. The molecule has 0 rings (SSSR count). The van der Waals surface area contributed by atoms with E-state index in [0.29, 0.717) is 0 Å². The van der Waals surface area contributed by atoms with Gasteiger partial charge in [0.25, 0.3) is 0 Å². The minimum Gasteiger partial charge on any atom is -0.769 e. The topological polar surface area (TPSA) is 100 Å². The molecule has 0 radical (unpaired) electrons. The molecule has 0 spiro atoms. The molecular weight excluding hydrogens is 193 g/mol. The van der Waals surface area contributed by atoms with Crippen molar-refractivity contribution in [1.29, 1.82) is 0 Å². The van der Waals surface area contributed by atoms with Gasteiger partial charge in [-0.2, -0.15) is 0 Å². The van der Waals surface area contributed by atoms with Crippen LogP contribution in [-0.2, 0) is 10.4 Å². The van der Waals surface area contributed by atoms with Crippen LogP contribution in [0.2, 0.25) is 0 Å². The minimum atomic E-state index is -4.92. The van der Waals surface area contributed by atoms with E-state index in [0.717, 1.165) is 0 Å². The van der Waals surface area contributed by atoms with Crippen LogP contribution >= 0.6 is 11.9 Å². The molecule has 0 aromatic rings. The van der Waals surface area contributed by atoms with E-state index in [1.807, 2.05) is 0 Å². The zero-order valence-electron chi connectivity index (χ0n) is 4.87. The third-order valence-corrected chi connectivity index (χ3v) is 0. The Kier molecular flexibility index (Phi) is 31.9. The summed E-state index contributed by atoms with van der Waals surface area (Å²) in [6.45, 7) is 0. The summed E-state index contributed by atoms with van der Waals surface area (Å²) in [6.07, 6.45) is 0. The average Bonchev–Trinajstić information content (AvgIpc) is 1.36. The van der Waals surface area contributed by atoms with E-state index in [1.54, 1.807) is 0 Å². The van der Waals surface area contributed by atoms with E-state index in [2.05, 4.69) is 11.9 Å². The van der Waals surface area contributed by atoms with Crippen molar-refractivity contribution in [3.05, 3.63) is 0 Å². The maximum Gasteiger partial charge on any atom is 1.00 e. The molecule has 0 aliphatic rings. The monoisotopic (exact) mass is 194 g/mol. The van der Waals surface area contributed by atoms with Crippen molar-refractivity contribution in [2.24, 2.45) is 0 Å². The van der Waals surface area contributed by atoms with E-state index in [9.17, 15) is 0 Å². The molecule has 5 nitrogen and oxygen atoms in total. The molecule has 0 aromatic carbocycles. The van der Waals surface area contributed by atoms with Gasteiger partial charge in [-0.1, -0.05) is 0 Å². The maximum absolute atomic E-state index is 8.63. The summed E-state index contributed by atoms with van der Waals surface area (Å²) in [7, 11) is -4.92. The largest absolute Gasteiger partial charge is 1.00 e. The number of rotatable bonds is 0. The summed E-state index contributed by atoms with van der Waals surface area (Å²) in [6, 6.07) is 0. The van der Waals surface area contributed by atoms with Gasteiger partial charge in [-0.3, -0.25) is 4.55 Å². The second-order valence-electron chi connectivity index (χ2n) is 0.428. The van der Waals surface area contributed by atoms with Gasteiger partial charge in [0.2, 0.25) is 10.4 Å². The molecule has 0 heterocycles. The van der Waals surface area contributed by atoms with Gasteiger partial charge in [-0.05, 0) is 0 Å². The summed E-state index contributed by atoms with van der Waals surface area (Å²) in [4.78, 5) is 0. The van der Waals surface area contributed by atoms with Crippen LogP contribution < -0.4 is 63.8 Å². The van der Waals surface area contributed by atoms with Crippen LogP contribution in [0.25, 0.3) is 0 Å². The molecule has 0 aliphatic heterocycles. The SMILES string of the molecule is O=S(=O)([O-])O.[Na+].[Na+].[O-]Cl. The van der Waals surface area contributed by atoms with Crippen LogP contribution in [0, 0.1) is 0 Å². The molecule has 0 atom stereocenters. The zero-order valence-corrected chi connectivity index (χ0v) is 10.4. The van der Waals surface area contributed by atoms with Crippen LogP contribution in [0.5, 0.6) is 0 Å². The summed E-state index contributed by atoms with van der Waals surface area (Å²) in [5.74, 6) is 0. The van der Waals surface area contributed by atoms with Crippen molar-refractivity contribution < 1.29 is 81.3 Å². The van der Waals surface area contributed by atoms with Crippen molar-refractivity contribution in [2.45, 2.75) is 0 Å².